The minimum absolute atomic E-state index is 0.0595. The number of nitrogens with zero attached hydrogens (tertiary/aromatic N) is 2. The number of rotatable bonds is 9. The molecule has 5 rings (SSSR count). The Morgan fingerprint density at radius 1 is 0.810 bits per heavy atom. The summed E-state index contributed by atoms with van der Waals surface area (Å²) in [6.45, 7) is 1.45. The molecule has 2 aliphatic rings. The van der Waals surface area contributed by atoms with Gasteiger partial charge in [0.1, 0.15) is 5.75 Å². The summed E-state index contributed by atoms with van der Waals surface area (Å²) < 4.78 is 22.1. The molecule has 2 amide bonds. The van der Waals surface area contributed by atoms with Crippen LogP contribution in [0, 0.1) is 11.8 Å². The second kappa shape index (κ2) is 13.2. The summed E-state index contributed by atoms with van der Waals surface area (Å²) >= 11 is 0. The Kier molecular flexibility index (Phi) is 9.20. The van der Waals surface area contributed by atoms with Crippen molar-refractivity contribution < 1.29 is 28.5 Å². The number of likely N-dealkylation sites (tertiary alicyclic amines) is 1. The third kappa shape index (κ3) is 6.03. The number of carbonyl (C=O) groups excluding carboxylic acids is 2. The Hall–Kier alpha value is -4.20. The van der Waals surface area contributed by atoms with Gasteiger partial charge in [0.15, 0.2) is 11.5 Å². The number of hydrogen-bond acceptors (Lipinski definition) is 6. The van der Waals surface area contributed by atoms with Gasteiger partial charge >= 0.3 is 0 Å². The molecule has 2 saturated heterocycles. The summed E-state index contributed by atoms with van der Waals surface area (Å²) in [6, 6.07) is 21.2. The van der Waals surface area contributed by atoms with E-state index in [1.54, 1.807) is 45.5 Å². The molecule has 2 heterocycles. The molecule has 2 atom stereocenters. The molecule has 0 spiro atoms. The van der Waals surface area contributed by atoms with E-state index in [4.69, 9.17) is 18.9 Å². The Labute approximate surface area is 248 Å². The predicted octanol–water partition coefficient (Wildman–Crippen LogP) is 5.69. The molecule has 2 aliphatic heterocycles. The molecule has 3 aromatic rings. The maximum atomic E-state index is 14.2. The molecule has 0 saturated carbocycles. The number of methoxy groups -OCH3 is 4. The number of amides is 2. The number of anilines is 1. The highest BCUT2D eigenvalue weighted by molar-refractivity contribution is 5.98. The molecular formula is C34H40N2O6. The van der Waals surface area contributed by atoms with Crippen molar-refractivity contribution in [3.05, 3.63) is 77.9 Å². The van der Waals surface area contributed by atoms with E-state index in [1.165, 1.54) is 5.56 Å². The summed E-state index contributed by atoms with van der Waals surface area (Å²) in [4.78, 5) is 31.7. The zero-order valence-electron chi connectivity index (χ0n) is 24.9. The summed E-state index contributed by atoms with van der Waals surface area (Å²) in [5.41, 5.74) is 2.80. The number of ether oxygens (including phenoxy) is 4. The van der Waals surface area contributed by atoms with Crippen LogP contribution in [0.3, 0.4) is 0 Å². The first-order valence-corrected chi connectivity index (χ1v) is 14.6. The lowest BCUT2D eigenvalue weighted by atomic mass is 9.82. The van der Waals surface area contributed by atoms with Crippen molar-refractivity contribution in [1.29, 1.82) is 0 Å². The van der Waals surface area contributed by atoms with Crippen LogP contribution in [0.15, 0.2) is 66.7 Å². The summed E-state index contributed by atoms with van der Waals surface area (Å²) in [5.74, 6) is 2.24. The lowest BCUT2D eigenvalue weighted by molar-refractivity contribution is -0.139. The van der Waals surface area contributed by atoms with E-state index < -0.39 is 12.0 Å². The first-order chi connectivity index (χ1) is 20.5. The molecule has 0 bridgehead atoms. The lowest BCUT2D eigenvalue weighted by Gasteiger charge is -2.43. The largest absolute Gasteiger partial charge is 0.497 e. The SMILES string of the molecule is COc1ccc(C2C(C(=O)N3CCC(Cc4ccccc4)CC3)CCC(=O)N2c2cc(OC)c(OC)c(OC)c2)cc1. The monoisotopic (exact) mass is 572 g/mol. The van der Waals surface area contributed by atoms with Gasteiger partial charge < -0.3 is 28.7 Å². The fraction of sp³-hybridized carbons (Fsp3) is 0.412. The van der Waals surface area contributed by atoms with Crippen molar-refractivity contribution in [3.63, 3.8) is 0 Å². The Morgan fingerprint density at radius 3 is 2.02 bits per heavy atom. The fourth-order valence-corrected chi connectivity index (χ4v) is 6.38. The van der Waals surface area contributed by atoms with Crippen molar-refractivity contribution in [1.82, 2.24) is 4.90 Å². The van der Waals surface area contributed by atoms with E-state index in [0.29, 0.717) is 41.0 Å². The Morgan fingerprint density at radius 2 is 1.45 bits per heavy atom. The van der Waals surface area contributed by atoms with Gasteiger partial charge in [0.05, 0.1) is 46.1 Å². The molecule has 3 aromatic carbocycles. The van der Waals surface area contributed by atoms with Gasteiger partial charge in [-0.25, -0.2) is 0 Å². The smallest absolute Gasteiger partial charge is 0.228 e. The topological polar surface area (TPSA) is 77.5 Å². The average Bonchev–Trinajstić information content (AvgIpc) is 3.04. The van der Waals surface area contributed by atoms with Gasteiger partial charge in [-0.15, -0.1) is 0 Å². The fourth-order valence-electron chi connectivity index (χ4n) is 6.38. The number of benzene rings is 3. The van der Waals surface area contributed by atoms with Gasteiger partial charge in [-0.3, -0.25) is 9.59 Å². The molecule has 0 aromatic heterocycles. The van der Waals surface area contributed by atoms with Gasteiger partial charge in [0.2, 0.25) is 17.6 Å². The van der Waals surface area contributed by atoms with Gasteiger partial charge in [-0.2, -0.15) is 0 Å². The van der Waals surface area contributed by atoms with E-state index in [2.05, 4.69) is 24.3 Å². The van der Waals surface area contributed by atoms with Crippen LogP contribution in [-0.2, 0) is 16.0 Å². The van der Waals surface area contributed by atoms with Crippen molar-refractivity contribution in [2.24, 2.45) is 11.8 Å². The van der Waals surface area contributed by atoms with Gasteiger partial charge in [0.25, 0.3) is 0 Å². The number of carbonyl (C=O) groups is 2. The van der Waals surface area contributed by atoms with Crippen molar-refractivity contribution in [2.75, 3.05) is 46.4 Å². The van der Waals surface area contributed by atoms with Gasteiger partial charge in [-0.1, -0.05) is 42.5 Å². The predicted molar refractivity (Wildman–Crippen MR) is 161 cm³/mol. The van der Waals surface area contributed by atoms with Crippen molar-refractivity contribution in [2.45, 2.75) is 38.1 Å². The van der Waals surface area contributed by atoms with Gasteiger partial charge in [0, 0.05) is 31.6 Å². The van der Waals surface area contributed by atoms with Crippen LogP contribution in [0.1, 0.15) is 42.9 Å². The highest BCUT2D eigenvalue weighted by atomic mass is 16.5. The first kappa shape index (κ1) is 29.3. The number of piperidine rings is 2. The minimum atomic E-state index is -0.505. The summed E-state index contributed by atoms with van der Waals surface area (Å²) in [6.07, 6.45) is 3.72. The second-order valence-corrected chi connectivity index (χ2v) is 11.0. The molecule has 2 fully saturated rings. The van der Waals surface area contributed by atoms with Gasteiger partial charge in [-0.05, 0) is 54.9 Å². The van der Waals surface area contributed by atoms with Crippen LogP contribution in [0.25, 0.3) is 0 Å². The van der Waals surface area contributed by atoms with Crippen LogP contribution in [0.5, 0.6) is 23.0 Å². The van der Waals surface area contributed by atoms with Crippen molar-refractivity contribution >= 4 is 17.5 Å². The maximum Gasteiger partial charge on any atom is 0.228 e. The minimum Gasteiger partial charge on any atom is -0.497 e. The van der Waals surface area contributed by atoms with Crippen LogP contribution >= 0.6 is 0 Å². The highest BCUT2D eigenvalue weighted by Crippen LogP contribution is 2.47. The van der Waals surface area contributed by atoms with Crippen LogP contribution < -0.4 is 23.8 Å². The molecule has 222 valence electrons. The molecule has 0 aliphatic carbocycles. The second-order valence-electron chi connectivity index (χ2n) is 11.0. The van der Waals surface area contributed by atoms with Crippen LogP contribution in [0.4, 0.5) is 5.69 Å². The highest BCUT2D eigenvalue weighted by Gasteiger charge is 2.44. The average molecular weight is 573 g/mol. The normalized spacial score (nSPS) is 19.4. The van der Waals surface area contributed by atoms with E-state index in [0.717, 1.165) is 37.9 Å². The Balaban J connectivity index is 1.46. The lowest BCUT2D eigenvalue weighted by Crippen LogP contribution is -2.50. The van der Waals surface area contributed by atoms with Crippen LogP contribution in [0.2, 0.25) is 0 Å². The standard InChI is InChI=1S/C34H40N2O6/c1-39-27-12-10-25(11-13-27)32-28(34(38)35-18-16-24(17-19-35)20-23-8-6-5-7-9-23)14-15-31(37)36(32)26-21-29(40-2)33(42-4)30(22-26)41-3/h5-13,21-22,24,28,32H,14-20H2,1-4H3. The van der Waals surface area contributed by atoms with Crippen molar-refractivity contribution in [3.8, 4) is 23.0 Å². The first-order valence-electron chi connectivity index (χ1n) is 14.6. The molecular weight excluding hydrogens is 532 g/mol. The van der Waals surface area contributed by atoms with E-state index >= 15 is 0 Å². The Bertz CT molecular complexity index is 1340. The zero-order valence-corrected chi connectivity index (χ0v) is 24.9. The van der Waals surface area contributed by atoms with E-state index in [-0.39, 0.29) is 18.2 Å². The summed E-state index contributed by atoms with van der Waals surface area (Å²) in [7, 11) is 6.26. The molecule has 2 unspecified atom stereocenters. The van der Waals surface area contributed by atoms with E-state index in [9.17, 15) is 9.59 Å². The molecule has 8 nitrogen and oxygen atoms in total. The van der Waals surface area contributed by atoms with E-state index in [1.807, 2.05) is 35.2 Å². The quantitative estimate of drug-likeness (QED) is 0.328. The third-order valence-electron chi connectivity index (χ3n) is 8.59. The van der Waals surface area contributed by atoms with Crippen LogP contribution in [-0.4, -0.2) is 58.2 Å². The molecule has 8 heteroatoms. The molecule has 0 radical (unpaired) electrons. The third-order valence-corrected chi connectivity index (χ3v) is 8.59. The zero-order chi connectivity index (χ0) is 29.6. The number of hydrogen-bond donors (Lipinski definition) is 0. The summed E-state index contributed by atoms with van der Waals surface area (Å²) in [5, 5.41) is 0. The maximum absolute atomic E-state index is 14.2. The molecule has 42 heavy (non-hydrogen) atoms. The molecule has 0 N–H and O–H groups in total.